The Bertz CT molecular complexity index is 281. The van der Waals surface area contributed by atoms with Crippen molar-refractivity contribution in [3.63, 3.8) is 0 Å². The van der Waals surface area contributed by atoms with Crippen LogP contribution in [0, 0.1) is 0 Å². The van der Waals surface area contributed by atoms with Gasteiger partial charge in [0.2, 0.25) is 0 Å². The maximum atomic E-state index is 12.2. The van der Waals surface area contributed by atoms with Crippen LogP contribution in [-0.4, -0.2) is 54.4 Å². The second-order valence-electron chi connectivity index (χ2n) is 3.48. The number of amides is 1. The van der Waals surface area contributed by atoms with Gasteiger partial charge in [-0.15, -0.1) is 0 Å². The number of ether oxygens (including phenoxy) is 1. The third-order valence-corrected chi connectivity index (χ3v) is 2.05. The normalized spacial score (nSPS) is 11.3. The molecule has 0 aromatic carbocycles. The zero-order valence-corrected chi connectivity index (χ0v) is 10.00. The van der Waals surface area contributed by atoms with Crippen LogP contribution in [-0.2, 0) is 14.3 Å². The second-order valence-corrected chi connectivity index (χ2v) is 3.48. The van der Waals surface area contributed by atoms with Crippen molar-refractivity contribution in [3.8, 4) is 0 Å². The first-order valence-electron chi connectivity index (χ1n) is 5.44. The molecule has 0 radical (unpaired) electrons. The maximum absolute atomic E-state index is 12.2. The average Bonchev–Trinajstić information content (AvgIpc) is 2.25. The number of carbonyl (C=O) groups is 2. The molecule has 0 heterocycles. The molecule has 0 aliphatic carbocycles. The number of nitrogens with zero attached hydrogens (tertiary/aromatic N) is 1. The smallest absolute Gasteiger partial charge is 0.471 e. The second kappa shape index (κ2) is 7.91. The van der Waals surface area contributed by atoms with Crippen molar-refractivity contribution in [2.24, 2.45) is 0 Å². The van der Waals surface area contributed by atoms with Crippen LogP contribution in [0.3, 0.4) is 0 Å². The summed E-state index contributed by atoms with van der Waals surface area (Å²) in [7, 11) is 0. The summed E-state index contributed by atoms with van der Waals surface area (Å²) in [6.07, 6.45) is -5.27. The first kappa shape index (κ1) is 16.7. The van der Waals surface area contributed by atoms with Gasteiger partial charge >= 0.3 is 18.1 Å². The van der Waals surface area contributed by atoms with E-state index in [-0.39, 0.29) is 19.6 Å². The van der Waals surface area contributed by atoms with Crippen LogP contribution >= 0.6 is 0 Å². The van der Waals surface area contributed by atoms with Gasteiger partial charge in [0, 0.05) is 26.3 Å². The van der Waals surface area contributed by atoms with Gasteiger partial charge in [-0.25, -0.2) is 0 Å². The molecule has 106 valence electrons. The van der Waals surface area contributed by atoms with Crippen LogP contribution in [0.4, 0.5) is 13.2 Å². The highest BCUT2D eigenvalue weighted by Gasteiger charge is 2.42. The molecule has 0 aromatic heterocycles. The van der Waals surface area contributed by atoms with Gasteiger partial charge in [0.15, 0.2) is 0 Å². The summed E-state index contributed by atoms with van der Waals surface area (Å²) in [6, 6.07) is 0. The van der Waals surface area contributed by atoms with E-state index in [4.69, 9.17) is 9.84 Å². The number of carboxylic acids is 1. The number of carbonyl (C=O) groups excluding carboxylic acids is 1. The largest absolute Gasteiger partial charge is 0.481 e. The number of aliphatic carboxylic acids is 1. The number of halogens is 3. The first-order chi connectivity index (χ1) is 8.29. The molecule has 8 heteroatoms. The molecule has 0 unspecified atom stereocenters. The molecule has 18 heavy (non-hydrogen) atoms. The van der Waals surface area contributed by atoms with Crippen LogP contribution < -0.4 is 0 Å². The summed E-state index contributed by atoms with van der Waals surface area (Å²) in [6.45, 7) is 1.77. The summed E-state index contributed by atoms with van der Waals surface area (Å²) in [5.41, 5.74) is 0. The summed E-state index contributed by atoms with van der Waals surface area (Å²) in [4.78, 5) is 21.8. The van der Waals surface area contributed by atoms with Gasteiger partial charge in [0.05, 0.1) is 6.42 Å². The molecule has 0 aliphatic heterocycles. The van der Waals surface area contributed by atoms with Gasteiger partial charge in [-0.3, -0.25) is 9.59 Å². The molecule has 0 atom stereocenters. The number of rotatable bonds is 8. The van der Waals surface area contributed by atoms with Crippen LogP contribution in [0.15, 0.2) is 0 Å². The highest BCUT2D eigenvalue weighted by molar-refractivity contribution is 5.82. The highest BCUT2D eigenvalue weighted by Crippen LogP contribution is 2.18. The molecule has 5 nitrogen and oxygen atoms in total. The molecule has 0 aromatic rings. The topological polar surface area (TPSA) is 66.8 Å². The van der Waals surface area contributed by atoms with Crippen molar-refractivity contribution in [1.29, 1.82) is 0 Å². The minimum absolute atomic E-state index is 0.175. The molecular formula is C10H16F3NO4. The molecule has 0 fully saturated rings. The quantitative estimate of drug-likeness (QED) is 0.675. The molecule has 1 amide bonds. The zero-order chi connectivity index (χ0) is 14.2. The lowest BCUT2D eigenvalue weighted by Crippen LogP contribution is -2.42. The lowest BCUT2D eigenvalue weighted by atomic mass is 10.3. The highest BCUT2D eigenvalue weighted by atomic mass is 19.4. The van der Waals surface area contributed by atoms with Crippen LogP contribution in [0.2, 0.25) is 0 Å². The molecule has 0 aliphatic rings. The molecule has 0 rings (SSSR count). The summed E-state index contributed by atoms with van der Waals surface area (Å²) >= 11 is 0. The van der Waals surface area contributed by atoms with E-state index in [0.717, 1.165) is 0 Å². The fraction of sp³-hybridized carbons (Fsp3) is 0.800. The standard InChI is InChI=1S/C10H16F3NO4/c1-2-18-7-3-5-14(6-4-8(15)16)9(17)10(11,12)13/h2-7H2,1H3,(H,15,16). The van der Waals surface area contributed by atoms with Gasteiger partial charge in [-0.1, -0.05) is 0 Å². The fourth-order valence-corrected chi connectivity index (χ4v) is 1.23. The monoisotopic (exact) mass is 271 g/mol. The molecule has 0 spiro atoms. The van der Waals surface area contributed by atoms with E-state index in [0.29, 0.717) is 11.5 Å². The third-order valence-electron chi connectivity index (χ3n) is 2.05. The fourth-order valence-electron chi connectivity index (χ4n) is 1.23. The Hall–Kier alpha value is -1.31. The van der Waals surface area contributed by atoms with E-state index >= 15 is 0 Å². The number of alkyl halides is 3. The number of hydrogen-bond acceptors (Lipinski definition) is 3. The van der Waals surface area contributed by atoms with E-state index in [1.165, 1.54) is 0 Å². The summed E-state index contributed by atoms with van der Waals surface area (Å²) < 4.78 is 41.6. The Morgan fingerprint density at radius 3 is 2.33 bits per heavy atom. The third kappa shape index (κ3) is 7.10. The van der Waals surface area contributed by atoms with Crippen LogP contribution in [0.1, 0.15) is 19.8 Å². The van der Waals surface area contributed by atoms with Gasteiger partial charge in [-0.2, -0.15) is 13.2 Å². The van der Waals surface area contributed by atoms with E-state index < -0.39 is 31.0 Å². The van der Waals surface area contributed by atoms with Gasteiger partial charge in [-0.05, 0) is 13.3 Å². The maximum Gasteiger partial charge on any atom is 0.471 e. The minimum Gasteiger partial charge on any atom is -0.481 e. The van der Waals surface area contributed by atoms with E-state index in [9.17, 15) is 22.8 Å². The summed E-state index contributed by atoms with van der Waals surface area (Å²) in [5.74, 6) is -3.26. The Balaban J connectivity index is 4.33. The van der Waals surface area contributed by atoms with Gasteiger partial charge in [0.25, 0.3) is 0 Å². The van der Waals surface area contributed by atoms with E-state index in [1.807, 2.05) is 0 Å². The predicted octanol–water partition coefficient (Wildman–Crippen LogP) is 1.28. The predicted molar refractivity (Wildman–Crippen MR) is 56.0 cm³/mol. The van der Waals surface area contributed by atoms with Crippen molar-refractivity contribution < 1.29 is 32.6 Å². The van der Waals surface area contributed by atoms with E-state index in [1.54, 1.807) is 6.92 Å². The Kier molecular flexibility index (Phi) is 7.33. The minimum atomic E-state index is -4.98. The zero-order valence-electron chi connectivity index (χ0n) is 10.00. The Morgan fingerprint density at radius 1 is 1.28 bits per heavy atom. The first-order valence-corrected chi connectivity index (χ1v) is 5.44. The molecule has 0 saturated carbocycles. The molecule has 0 bridgehead atoms. The lowest BCUT2D eigenvalue weighted by Gasteiger charge is -2.22. The van der Waals surface area contributed by atoms with Crippen molar-refractivity contribution in [3.05, 3.63) is 0 Å². The van der Waals surface area contributed by atoms with Gasteiger partial charge in [0.1, 0.15) is 0 Å². The average molecular weight is 271 g/mol. The summed E-state index contributed by atoms with van der Waals surface area (Å²) in [5, 5.41) is 8.41. The van der Waals surface area contributed by atoms with E-state index in [2.05, 4.69) is 0 Å². The van der Waals surface area contributed by atoms with Gasteiger partial charge < -0.3 is 14.7 Å². The molecule has 0 saturated heterocycles. The molecule has 1 N–H and O–H groups in total. The number of carboxylic acid groups (broad SMARTS) is 1. The van der Waals surface area contributed by atoms with Crippen molar-refractivity contribution in [2.45, 2.75) is 25.9 Å². The van der Waals surface area contributed by atoms with Crippen molar-refractivity contribution in [1.82, 2.24) is 4.90 Å². The van der Waals surface area contributed by atoms with Crippen molar-refractivity contribution in [2.75, 3.05) is 26.3 Å². The lowest BCUT2D eigenvalue weighted by molar-refractivity contribution is -0.185. The Morgan fingerprint density at radius 2 is 1.89 bits per heavy atom. The van der Waals surface area contributed by atoms with Crippen molar-refractivity contribution >= 4 is 11.9 Å². The SMILES string of the molecule is CCOCCCN(CCC(=O)O)C(=O)C(F)(F)F. The van der Waals surface area contributed by atoms with Crippen LogP contribution in [0.25, 0.3) is 0 Å². The Labute approximate surface area is 103 Å². The van der Waals surface area contributed by atoms with Crippen LogP contribution in [0.5, 0.6) is 0 Å². The number of hydrogen-bond donors (Lipinski definition) is 1. The molecular weight excluding hydrogens is 255 g/mol.